The lowest BCUT2D eigenvalue weighted by molar-refractivity contribution is -0.125. The minimum Gasteiger partial charge on any atom is -0.326 e. The molecule has 0 aliphatic carbocycles. The van der Waals surface area contributed by atoms with Crippen LogP contribution in [0.1, 0.15) is 30.4 Å². The fourth-order valence-electron chi connectivity index (χ4n) is 3.69. The Morgan fingerprint density at radius 1 is 0.967 bits per heavy atom. The molecule has 8 heteroatoms. The van der Waals surface area contributed by atoms with Crippen LogP contribution in [0, 0.1) is 5.92 Å². The van der Waals surface area contributed by atoms with Crippen molar-refractivity contribution in [1.29, 1.82) is 0 Å². The number of carbonyl (C=O) groups is 3. The molecule has 0 spiro atoms. The number of anilines is 1. The molecule has 1 atom stereocenters. The Morgan fingerprint density at radius 3 is 2.43 bits per heavy atom. The van der Waals surface area contributed by atoms with Gasteiger partial charge in [-0.25, -0.2) is 4.79 Å². The highest BCUT2D eigenvalue weighted by molar-refractivity contribution is 6.03. The van der Waals surface area contributed by atoms with Crippen molar-refractivity contribution < 1.29 is 14.4 Å². The zero-order valence-electron chi connectivity index (χ0n) is 16.3. The van der Waals surface area contributed by atoms with Crippen LogP contribution in [0.15, 0.2) is 47.3 Å². The Kier molecular flexibility index (Phi) is 5.47. The second-order valence-corrected chi connectivity index (χ2v) is 7.58. The van der Waals surface area contributed by atoms with Crippen molar-refractivity contribution in [2.45, 2.75) is 32.1 Å². The second-order valence-electron chi connectivity index (χ2n) is 7.58. The van der Waals surface area contributed by atoms with Crippen molar-refractivity contribution in [1.82, 2.24) is 15.3 Å². The molecule has 0 radical (unpaired) electrons. The molecule has 3 aromatic rings. The topological polar surface area (TPSA) is 124 Å². The summed E-state index contributed by atoms with van der Waals surface area (Å²) in [5.74, 6) is -0.838. The van der Waals surface area contributed by atoms with Gasteiger partial charge in [-0.05, 0) is 54.7 Å². The Hall–Kier alpha value is -3.68. The van der Waals surface area contributed by atoms with Crippen LogP contribution in [0.4, 0.5) is 5.69 Å². The van der Waals surface area contributed by atoms with Gasteiger partial charge in [-0.1, -0.05) is 18.2 Å². The molecule has 1 fully saturated rings. The summed E-state index contributed by atoms with van der Waals surface area (Å²) in [7, 11) is 0. The molecule has 2 aromatic carbocycles. The van der Waals surface area contributed by atoms with Crippen molar-refractivity contribution in [2.75, 3.05) is 5.32 Å². The highest BCUT2D eigenvalue weighted by Gasteiger charge is 2.30. The number of aromatic amines is 2. The Balaban J connectivity index is 1.24. The minimum atomic E-state index is -0.318. The summed E-state index contributed by atoms with van der Waals surface area (Å²) in [5, 5.41) is 5.19. The molecule has 1 aliphatic rings. The summed E-state index contributed by atoms with van der Waals surface area (Å²) in [4.78, 5) is 51.9. The Bertz CT molecular complexity index is 1160. The average molecular weight is 406 g/mol. The number of hydrogen-bond donors (Lipinski definition) is 4. The summed E-state index contributed by atoms with van der Waals surface area (Å²) in [6, 6.07) is 13.0. The van der Waals surface area contributed by atoms with Crippen molar-refractivity contribution >= 4 is 34.4 Å². The van der Waals surface area contributed by atoms with E-state index in [1.165, 1.54) is 0 Å². The highest BCUT2D eigenvalue weighted by atomic mass is 16.2. The third-order valence-corrected chi connectivity index (χ3v) is 5.23. The zero-order valence-corrected chi connectivity index (χ0v) is 16.3. The lowest BCUT2D eigenvalue weighted by Crippen LogP contribution is -2.22. The van der Waals surface area contributed by atoms with E-state index >= 15 is 0 Å². The van der Waals surface area contributed by atoms with Crippen LogP contribution >= 0.6 is 0 Å². The number of nitrogens with one attached hydrogen (secondary N) is 4. The van der Waals surface area contributed by atoms with Gasteiger partial charge in [0.05, 0.1) is 17.0 Å². The van der Waals surface area contributed by atoms with Crippen LogP contribution in [-0.2, 0) is 27.2 Å². The number of fused-ring (bicyclic) bond motifs is 1. The standard InChI is InChI=1S/C22H22N4O4/c27-19(3-1-2-13-6-9-17-18(11-13)25-22(30)24-17)23-16-7-4-14(5-8-16)10-15-12-20(28)26-21(15)29/h4-9,11,15H,1-3,10,12H2,(H,23,27)(H2,24,25,30)(H,26,28,29). The molecule has 0 saturated carbocycles. The highest BCUT2D eigenvalue weighted by Crippen LogP contribution is 2.19. The number of benzene rings is 2. The molecule has 4 N–H and O–H groups in total. The van der Waals surface area contributed by atoms with Gasteiger partial charge in [0.15, 0.2) is 0 Å². The molecule has 1 aromatic heterocycles. The molecule has 8 nitrogen and oxygen atoms in total. The number of amides is 3. The van der Waals surface area contributed by atoms with E-state index in [-0.39, 0.29) is 35.8 Å². The first-order valence-electron chi connectivity index (χ1n) is 9.90. The van der Waals surface area contributed by atoms with Crippen LogP contribution in [0.25, 0.3) is 11.0 Å². The number of carbonyl (C=O) groups excluding carboxylic acids is 3. The van der Waals surface area contributed by atoms with E-state index in [2.05, 4.69) is 20.6 Å². The lowest BCUT2D eigenvalue weighted by Gasteiger charge is -2.09. The van der Waals surface area contributed by atoms with Gasteiger partial charge in [-0.15, -0.1) is 0 Å². The molecule has 4 rings (SSSR count). The maximum Gasteiger partial charge on any atom is 0.323 e. The van der Waals surface area contributed by atoms with Gasteiger partial charge in [0.25, 0.3) is 0 Å². The fraction of sp³-hybridized carbons (Fsp3) is 0.273. The largest absolute Gasteiger partial charge is 0.326 e. The number of imidazole rings is 1. The maximum atomic E-state index is 12.2. The van der Waals surface area contributed by atoms with Crippen LogP contribution in [0.3, 0.4) is 0 Å². The Labute approximate surface area is 172 Å². The maximum absolute atomic E-state index is 12.2. The van der Waals surface area contributed by atoms with E-state index in [9.17, 15) is 19.2 Å². The summed E-state index contributed by atoms with van der Waals surface area (Å²) in [6.07, 6.45) is 2.54. The van der Waals surface area contributed by atoms with Gasteiger partial charge in [-0.2, -0.15) is 0 Å². The van der Waals surface area contributed by atoms with Crippen LogP contribution < -0.4 is 16.3 Å². The number of imide groups is 1. The number of hydrogen-bond acceptors (Lipinski definition) is 4. The van der Waals surface area contributed by atoms with Gasteiger partial charge in [0.2, 0.25) is 17.7 Å². The zero-order chi connectivity index (χ0) is 21.1. The molecule has 3 amide bonds. The van der Waals surface area contributed by atoms with Gasteiger partial charge >= 0.3 is 5.69 Å². The van der Waals surface area contributed by atoms with Crippen LogP contribution in [0.2, 0.25) is 0 Å². The van der Waals surface area contributed by atoms with Crippen molar-refractivity contribution in [3.63, 3.8) is 0 Å². The number of rotatable bonds is 7. The quantitative estimate of drug-likeness (QED) is 0.448. The third-order valence-electron chi connectivity index (χ3n) is 5.23. The predicted molar refractivity (Wildman–Crippen MR) is 112 cm³/mol. The predicted octanol–water partition coefficient (Wildman–Crippen LogP) is 2.02. The summed E-state index contributed by atoms with van der Waals surface area (Å²) >= 11 is 0. The SMILES string of the molecule is O=C1CC(Cc2ccc(NC(=O)CCCc3ccc4[nH]c(=O)[nH]c4c3)cc2)C(=O)N1. The van der Waals surface area contributed by atoms with Gasteiger partial charge in [-0.3, -0.25) is 19.7 Å². The summed E-state index contributed by atoms with van der Waals surface area (Å²) in [6.45, 7) is 0. The van der Waals surface area contributed by atoms with Crippen molar-refractivity contribution in [3.05, 3.63) is 64.1 Å². The van der Waals surface area contributed by atoms with E-state index in [1.54, 1.807) is 12.1 Å². The van der Waals surface area contributed by atoms with E-state index in [4.69, 9.17) is 0 Å². The normalized spacial score (nSPS) is 16.1. The van der Waals surface area contributed by atoms with Crippen LogP contribution in [0.5, 0.6) is 0 Å². The Morgan fingerprint density at radius 2 is 1.70 bits per heavy atom. The second kappa shape index (κ2) is 8.36. The first-order chi connectivity index (χ1) is 14.5. The number of H-pyrrole nitrogens is 2. The molecular formula is C22H22N4O4. The summed E-state index contributed by atoms with van der Waals surface area (Å²) < 4.78 is 0. The minimum absolute atomic E-state index is 0.0698. The molecular weight excluding hydrogens is 384 g/mol. The van der Waals surface area contributed by atoms with Gasteiger partial charge < -0.3 is 15.3 Å². The molecule has 1 saturated heterocycles. The van der Waals surface area contributed by atoms with Gasteiger partial charge in [0.1, 0.15) is 0 Å². The smallest absolute Gasteiger partial charge is 0.323 e. The van der Waals surface area contributed by atoms with Gasteiger partial charge in [0, 0.05) is 18.5 Å². The molecule has 1 unspecified atom stereocenters. The monoisotopic (exact) mass is 406 g/mol. The van der Waals surface area contributed by atoms with E-state index in [0.717, 1.165) is 28.6 Å². The molecule has 2 heterocycles. The van der Waals surface area contributed by atoms with E-state index < -0.39 is 0 Å². The van der Waals surface area contributed by atoms with E-state index in [1.807, 2.05) is 30.3 Å². The number of aromatic nitrogens is 2. The van der Waals surface area contributed by atoms with Crippen LogP contribution in [-0.4, -0.2) is 27.7 Å². The first kappa shape index (κ1) is 19.6. The first-order valence-corrected chi connectivity index (χ1v) is 9.90. The molecule has 154 valence electrons. The fourth-order valence-corrected chi connectivity index (χ4v) is 3.69. The molecule has 0 bridgehead atoms. The van der Waals surface area contributed by atoms with E-state index in [0.29, 0.717) is 24.9 Å². The summed E-state index contributed by atoms with van der Waals surface area (Å²) in [5.41, 5.74) is 4.01. The molecule has 1 aliphatic heterocycles. The third kappa shape index (κ3) is 4.65. The average Bonchev–Trinajstić information content (AvgIpc) is 3.23. The molecule has 30 heavy (non-hydrogen) atoms. The van der Waals surface area contributed by atoms with Crippen molar-refractivity contribution in [3.8, 4) is 0 Å². The number of aryl methyl sites for hydroxylation is 1. The van der Waals surface area contributed by atoms with Crippen molar-refractivity contribution in [2.24, 2.45) is 5.92 Å². The lowest BCUT2D eigenvalue weighted by atomic mass is 9.98.